The third kappa shape index (κ3) is 3.21. The van der Waals surface area contributed by atoms with Crippen LogP contribution in [0.2, 0.25) is 0 Å². The molecule has 68 valence electrons. The smallest absolute Gasteiger partial charge is 0.0796 e. The van der Waals surface area contributed by atoms with Crippen molar-refractivity contribution in [2.45, 2.75) is 31.8 Å². The van der Waals surface area contributed by atoms with Crippen molar-refractivity contribution in [3.8, 4) is 6.07 Å². The Balaban J connectivity index is 2.16. The molecule has 1 fully saturated rings. The zero-order valence-corrected chi connectivity index (χ0v) is 7.37. The van der Waals surface area contributed by atoms with Gasteiger partial charge >= 0.3 is 0 Å². The van der Waals surface area contributed by atoms with Crippen LogP contribution >= 0.6 is 0 Å². The standard InChI is InChI=1S/C9H16N2O/c10-5-4-9(12)8-11-6-2-1-3-7-11/h9,12H,1-4,6-8H2. The molecule has 1 rings (SSSR count). The van der Waals surface area contributed by atoms with E-state index in [0.29, 0.717) is 6.54 Å². The van der Waals surface area contributed by atoms with Crippen molar-refractivity contribution >= 4 is 0 Å². The average molecular weight is 168 g/mol. The van der Waals surface area contributed by atoms with E-state index in [9.17, 15) is 5.11 Å². The van der Waals surface area contributed by atoms with Gasteiger partial charge in [0.25, 0.3) is 0 Å². The number of rotatable bonds is 3. The molecule has 0 aliphatic carbocycles. The van der Waals surface area contributed by atoms with Crippen molar-refractivity contribution in [1.29, 1.82) is 5.26 Å². The Morgan fingerprint density at radius 2 is 2.00 bits per heavy atom. The summed E-state index contributed by atoms with van der Waals surface area (Å²) < 4.78 is 0. The van der Waals surface area contributed by atoms with Crippen molar-refractivity contribution in [1.82, 2.24) is 4.90 Å². The third-order valence-electron chi connectivity index (χ3n) is 2.24. The Kier molecular flexibility index (Phi) is 4.06. The number of hydrogen-bond acceptors (Lipinski definition) is 3. The van der Waals surface area contributed by atoms with Crippen LogP contribution in [0.15, 0.2) is 0 Å². The molecule has 12 heavy (non-hydrogen) atoms. The van der Waals surface area contributed by atoms with E-state index in [0.717, 1.165) is 13.1 Å². The van der Waals surface area contributed by atoms with Crippen molar-refractivity contribution in [2.24, 2.45) is 0 Å². The molecule has 0 bridgehead atoms. The number of aliphatic hydroxyl groups excluding tert-OH is 1. The first-order valence-electron chi connectivity index (χ1n) is 4.60. The second-order valence-electron chi connectivity index (χ2n) is 3.38. The predicted molar refractivity (Wildman–Crippen MR) is 46.5 cm³/mol. The zero-order valence-electron chi connectivity index (χ0n) is 7.37. The quantitative estimate of drug-likeness (QED) is 0.676. The molecule has 1 N–H and O–H groups in total. The molecule has 3 heteroatoms. The van der Waals surface area contributed by atoms with E-state index in [-0.39, 0.29) is 6.42 Å². The zero-order chi connectivity index (χ0) is 8.81. The van der Waals surface area contributed by atoms with Crippen molar-refractivity contribution < 1.29 is 5.11 Å². The summed E-state index contributed by atoms with van der Waals surface area (Å²) in [4.78, 5) is 2.24. The van der Waals surface area contributed by atoms with Gasteiger partial charge in [-0.25, -0.2) is 0 Å². The summed E-state index contributed by atoms with van der Waals surface area (Å²) in [6, 6.07) is 1.98. The van der Waals surface area contributed by atoms with E-state index in [1.807, 2.05) is 6.07 Å². The van der Waals surface area contributed by atoms with Gasteiger partial charge in [-0.1, -0.05) is 6.42 Å². The Labute approximate surface area is 73.6 Å². The van der Waals surface area contributed by atoms with Crippen LogP contribution in [0, 0.1) is 11.3 Å². The number of likely N-dealkylation sites (tertiary alicyclic amines) is 1. The summed E-state index contributed by atoms with van der Waals surface area (Å²) >= 11 is 0. The Hall–Kier alpha value is -0.590. The monoisotopic (exact) mass is 168 g/mol. The van der Waals surface area contributed by atoms with Crippen molar-refractivity contribution in [3.63, 3.8) is 0 Å². The summed E-state index contributed by atoms with van der Waals surface area (Å²) in [5.41, 5.74) is 0. The lowest BCUT2D eigenvalue weighted by Gasteiger charge is -2.27. The lowest BCUT2D eigenvalue weighted by atomic mass is 10.1. The first-order chi connectivity index (χ1) is 5.83. The SMILES string of the molecule is N#CCC(O)CN1CCCCC1. The fourth-order valence-corrected chi connectivity index (χ4v) is 1.61. The molecule has 0 aromatic rings. The minimum Gasteiger partial charge on any atom is -0.391 e. The summed E-state index contributed by atoms with van der Waals surface area (Å²) in [5.74, 6) is 0. The molecule has 1 aliphatic heterocycles. The first-order valence-corrected chi connectivity index (χ1v) is 4.60. The fourth-order valence-electron chi connectivity index (χ4n) is 1.61. The van der Waals surface area contributed by atoms with Gasteiger partial charge in [-0.3, -0.25) is 0 Å². The molecule has 0 aromatic heterocycles. The maximum absolute atomic E-state index is 9.34. The Morgan fingerprint density at radius 1 is 1.33 bits per heavy atom. The van der Waals surface area contributed by atoms with Crippen LogP contribution in [-0.4, -0.2) is 35.7 Å². The molecule has 1 aliphatic rings. The Bertz CT molecular complexity index is 158. The summed E-state index contributed by atoms with van der Waals surface area (Å²) in [6.45, 7) is 2.85. The molecule has 1 heterocycles. The summed E-state index contributed by atoms with van der Waals surface area (Å²) in [7, 11) is 0. The molecular weight excluding hydrogens is 152 g/mol. The minimum absolute atomic E-state index is 0.260. The van der Waals surface area contributed by atoms with Crippen molar-refractivity contribution in [3.05, 3.63) is 0 Å². The average Bonchev–Trinajstić information content (AvgIpc) is 2.06. The summed E-state index contributed by atoms with van der Waals surface area (Å²) in [6.07, 6.45) is 3.59. The van der Waals surface area contributed by atoms with Crippen LogP contribution in [0.1, 0.15) is 25.7 Å². The van der Waals surface area contributed by atoms with Gasteiger partial charge in [0.1, 0.15) is 0 Å². The van der Waals surface area contributed by atoms with Gasteiger partial charge < -0.3 is 10.0 Å². The molecular formula is C9H16N2O. The summed E-state index contributed by atoms with van der Waals surface area (Å²) in [5, 5.41) is 17.7. The van der Waals surface area contributed by atoms with E-state index < -0.39 is 6.10 Å². The maximum Gasteiger partial charge on any atom is 0.0796 e. The van der Waals surface area contributed by atoms with Gasteiger partial charge in [0, 0.05) is 6.54 Å². The number of aliphatic hydroxyl groups is 1. The Morgan fingerprint density at radius 3 is 2.58 bits per heavy atom. The molecule has 0 saturated carbocycles. The topological polar surface area (TPSA) is 47.3 Å². The largest absolute Gasteiger partial charge is 0.391 e. The van der Waals surface area contributed by atoms with Gasteiger partial charge in [-0.15, -0.1) is 0 Å². The number of nitriles is 1. The van der Waals surface area contributed by atoms with E-state index >= 15 is 0 Å². The fraction of sp³-hybridized carbons (Fsp3) is 0.889. The van der Waals surface area contributed by atoms with Gasteiger partial charge in [0.15, 0.2) is 0 Å². The van der Waals surface area contributed by atoms with Crippen LogP contribution < -0.4 is 0 Å². The van der Waals surface area contributed by atoms with Crippen LogP contribution in [0.4, 0.5) is 0 Å². The minimum atomic E-state index is -0.451. The molecule has 0 spiro atoms. The normalized spacial score (nSPS) is 21.7. The van der Waals surface area contributed by atoms with Gasteiger partial charge in [0.2, 0.25) is 0 Å². The number of β-amino-alcohol motifs (C(OH)–C–C–N with tert-alkyl or cyclic N) is 1. The molecule has 0 radical (unpaired) electrons. The number of piperidine rings is 1. The van der Waals surface area contributed by atoms with Crippen molar-refractivity contribution in [2.75, 3.05) is 19.6 Å². The van der Waals surface area contributed by atoms with E-state index in [1.54, 1.807) is 0 Å². The number of nitrogens with zero attached hydrogens (tertiary/aromatic N) is 2. The highest BCUT2D eigenvalue weighted by Crippen LogP contribution is 2.09. The van der Waals surface area contributed by atoms with E-state index in [4.69, 9.17) is 5.26 Å². The molecule has 0 amide bonds. The molecule has 0 aromatic carbocycles. The van der Waals surface area contributed by atoms with Gasteiger partial charge in [0.05, 0.1) is 18.6 Å². The van der Waals surface area contributed by atoms with Gasteiger partial charge in [-0.2, -0.15) is 5.26 Å². The van der Waals surface area contributed by atoms with E-state index in [2.05, 4.69) is 4.90 Å². The second-order valence-corrected chi connectivity index (χ2v) is 3.38. The molecule has 1 atom stereocenters. The highest BCUT2D eigenvalue weighted by molar-refractivity contribution is 4.78. The molecule has 1 saturated heterocycles. The van der Waals surface area contributed by atoms with Crippen LogP contribution in [0.25, 0.3) is 0 Å². The number of hydrogen-bond donors (Lipinski definition) is 1. The molecule has 1 unspecified atom stereocenters. The highest BCUT2D eigenvalue weighted by Gasteiger charge is 2.13. The first kappa shape index (κ1) is 9.50. The third-order valence-corrected chi connectivity index (χ3v) is 2.24. The maximum atomic E-state index is 9.34. The van der Waals surface area contributed by atoms with E-state index in [1.165, 1.54) is 19.3 Å². The van der Waals surface area contributed by atoms with Crippen LogP contribution in [-0.2, 0) is 0 Å². The lowest BCUT2D eigenvalue weighted by molar-refractivity contribution is 0.104. The van der Waals surface area contributed by atoms with Gasteiger partial charge in [-0.05, 0) is 25.9 Å². The predicted octanol–water partition coefficient (Wildman–Crippen LogP) is 0.747. The van der Waals surface area contributed by atoms with Crippen LogP contribution in [0.5, 0.6) is 0 Å². The highest BCUT2D eigenvalue weighted by atomic mass is 16.3. The molecule has 3 nitrogen and oxygen atoms in total. The van der Waals surface area contributed by atoms with Crippen LogP contribution in [0.3, 0.4) is 0 Å². The lowest BCUT2D eigenvalue weighted by Crippen LogP contribution is -2.36. The second kappa shape index (κ2) is 5.13.